The van der Waals surface area contributed by atoms with Crippen LogP contribution in [0.2, 0.25) is 0 Å². The van der Waals surface area contributed by atoms with E-state index in [0.29, 0.717) is 6.61 Å². The van der Waals surface area contributed by atoms with Gasteiger partial charge in [-0.1, -0.05) is 51.9 Å². The Hall–Kier alpha value is -0.440. The smallest absolute Gasteiger partial charge is 0.187 e. The third kappa shape index (κ3) is 8.04. The van der Waals surface area contributed by atoms with E-state index in [1.54, 1.807) is 0 Å². The maximum atomic E-state index is 10.6. The molecule has 0 aliphatic carbocycles. The number of ether oxygens (including phenoxy) is 4. The summed E-state index contributed by atoms with van der Waals surface area (Å²) in [5.41, 5.74) is 0. The van der Waals surface area contributed by atoms with E-state index in [9.17, 15) is 35.7 Å². The van der Waals surface area contributed by atoms with Crippen LogP contribution in [0.1, 0.15) is 58.3 Å². The van der Waals surface area contributed by atoms with Crippen molar-refractivity contribution < 1.29 is 54.7 Å². The van der Waals surface area contributed by atoms with Crippen molar-refractivity contribution in [3.05, 3.63) is 0 Å². The molecule has 2 fully saturated rings. The van der Waals surface area contributed by atoms with E-state index in [4.69, 9.17) is 18.9 Å². The molecule has 2 rings (SSSR count). The molecule has 33 heavy (non-hydrogen) atoms. The van der Waals surface area contributed by atoms with Crippen LogP contribution in [0, 0.1) is 0 Å². The van der Waals surface area contributed by atoms with Crippen LogP contribution < -0.4 is 0 Å². The van der Waals surface area contributed by atoms with Gasteiger partial charge in [-0.15, -0.1) is 0 Å². The van der Waals surface area contributed by atoms with Gasteiger partial charge in [-0.25, -0.2) is 0 Å². The lowest BCUT2D eigenvalue weighted by Crippen LogP contribution is -2.64. The number of aliphatic hydroxyl groups is 7. The molecule has 2 saturated heterocycles. The maximum Gasteiger partial charge on any atom is 0.187 e. The standard InChI is InChI=1S/C22H42O11/c1-2-3-4-5-6-7-8-9-10-30-21-19(29)17(27)20(14(12-24)32-21)33-22-18(28)16(26)15(25)13(11-23)31-22/h13-29H,2-12H2,1H3/t13-,14-,15+,16+,17-,18+,19+,20+,21+,22+/m0/s1. The summed E-state index contributed by atoms with van der Waals surface area (Å²) >= 11 is 0. The zero-order valence-electron chi connectivity index (χ0n) is 19.3. The second-order valence-corrected chi connectivity index (χ2v) is 8.85. The largest absolute Gasteiger partial charge is 0.394 e. The third-order valence-corrected chi connectivity index (χ3v) is 6.24. The molecule has 196 valence electrons. The molecule has 0 spiro atoms. The number of hydrogen-bond donors (Lipinski definition) is 7. The van der Waals surface area contributed by atoms with Crippen LogP contribution in [0.15, 0.2) is 0 Å². The van der Waals surface area contributed by atoms with E-state index in [2.05, 4.69) is 6.92 Å². The van der Waals surface area contributed by atoms with Gasteiger partial charge in [-0.3, -0.25) is 0 Å². The average Bonchev–Trinajstić information content (AvgIpc) is 2.82. The van der Waals surface area contributed by atoms with Crippen molar-refractivity contribution in [2.75, 3.05) is 19.8 Å². The summed E-state index contributed by atoms with van der Waals surface area (Å²) in [6.45, 7) is 1.28. The molecule has 0 unspecified atom stereocenters. The molecule has 2 heterocycles. The summed E-state index contributed by atoms with van der Waals surface area (Å²) in [4.78, 5) is 0. The van der Waals surface area contributed by atoms with Crippen molar-refractivity contribution in [1.82, 2.24) is 0 Å². The first-order valence-corrected chi connectivity index (χ1v) is 12.1. The Morgan fingerprint density at radius 3 is 1.76 bits per heavy atom. The van der Waals surface area contributed by atoms with Crippen molar-refractivity contribution in [2.24, 2.45) is 0 Å². The predicted molar refractivity (Wildman–Crippen MR) is 115 cm³/mol. The number of aliphatic hydroxyl groups excluding tert-OH is 7. The van der Waals surface area contributed by atoms with E-state index in [-0.39, 0.29) is 0 Å². The Morgan fingerprint density at radius 1 is 0.606 bits per heavy atom. The van der Waals surface area contributed by atoms with Crippen LogP contribution in [0.3, 0.4) is 0 Å². The Balaban J connectivity index is 1.82. The topological polar surface area (TPSA) is 179 Å². The van der Waals surface area contributed by atoms with Gasteiger partial charge < -0.3 is 54.7 Å². The summed E-state index contributed by atoms with van der Waals surface area (Å²) in [5.74, 6) is 0. The molecule has 11 nitrogen and oxygen atoms in total. The molecule has 0 amide bonds. The average molecular weight is 483 g/mol. The van der Waals surface area contributed by atoms with Crippen LogP contribution >= 0.6 is 0 Å². The van der Waals surface area contributed by atoms with Crippen molar-refractivity contribution in [1.29, 1.82) is 0 Å². The highest BCUT2D eigenvalue weighted by atomic mass is 16.7. The highest BCUT2D eigenvalue weighted by molar-refractivity contribution is 4.94. The van der Waals surface area contributed by atoms with Crippen LogP contribution in [0.5, 0.6) is 0 Å². The summed E-state index contributed by atoms with van der Waals surface area (Å²) in [6.07, 6.45) is -5.35. The van der Waals surface area contributed by atoms with Crippen LogP contribution in [0.25, 0.3) is 0 Å². The minimum Gasteiger partial charge on any atom is -0.394 e. The second kappa shape index (κ2) is 14.8. The minimum absolute atomic E-state index is 0.319. The first-order valence-electron chi connectivity index (χ1n) is 12.1. The number of unbranched alkanes of at least 4 members (excludes halogenated alkanes) is 7. The second-order valence-electron chi connectivity index (χ2n) is 8.85. The van der Waals surface area contributed by atoms with Crippen molar-refractivity contribution in [3.63, 3.8) is 0 Å². The van der Waals surface area contributed by atoms with E-state index >= 15 is 0 Å². The van der Waals surface area contributed by atoms with Gasteiger partial charge >= 0.3 is 0 Å². The summed E-state index contributed by atoms with van der Waals surface area (Å²) < 4.78 is 22.0. The minimum atomic E-state index is -1.69. The van der Waals surface area contributed by atoms with Gasteiger partial charge in [0.25, 0.3) is 0 Å². The molecule has 0 radical (unpaired) electrons. The Bertz CT molecular complexity index is 521. The first-order chi connectivity index (χ1) is 15.8. The molecular formula is C22H42O11. The van der Waals surface area contributed by atoms with E-state index in [0.717, 1.165) is 19.3 Å². The van der Waals surface area contributed by atoms with Gasteiger partial charge in [-0.05, 0) is 6.42 Å². The molecule has 0 aromatic carbocycles. The van der Waals surface area contributed by atoms with Gasteiger partial charge in [0.1, 0.15) is 48.8 Å². The number of hydrogen-bond acceptors (Lipinski definition) is 11. The SMILES string of the molecule is CCCCCCCCCCO[C@@H]1O[C@@H](CO)[C@@H](O[C@H]2O[C@@H](CO)[C@@H](O)[C@@H](O)[C@H]2O)[C@@H](O)[C@H]1O. The predicted octanol–water partition coefficient (Wildman–Crippen LogP) is -1.23. The molecule has 7 N–H and O–H groups in total. The molecule has 0 saturated carbocycles. The molecule has 0 bridgehead atoms. The quantitative estimate of drug-likeness (QED) is 0.147. The van der Waals surface area contributed by atoms with Crippen molar-refractivity contribution in [3.8, 4) is 0 Å². The lowest BCUT2D eigenvalue weighted by molar-refractivity contribution is -0.359. The zero-order valence-corrected chi connectivity index (χ0v) is 19.3. The van der Waals surface area contributed by atoms with Crippen LogP contribution in [-0.2, 0) is 18.9 Å². The third-order valence-electron chi connectivity index (χ3n) is 6.24. The molecule has 2 aliphatic heterocycles. The summed E-state index contributed by atoms with van der Waals surface area (Å²) in [5, 5.41) is 69.9. The summed E-state index contributed by atoms with van der Waals surface area (Å²) in [7, 11) is 0. The number of rotatable bonds is 14. The molecule has 10 atom stereocenters. The lowest BCUT2D eigenvalue weighted by Gasteiger charge is -2.45. The highest BCUT2D eigenvalue weighted by Gasteiger charge is 2.50. The van der Waals surface area contributed by atoms with E-state index in [1.165, 1.54) is 32.1 Å². The first kappa shape index (κ1) is 28.8. The fourth-order valence-corrected chi connectivity index (χ4v) is 4.13. The fraction of sp³-hybridized carbons (Fsp3) is 1.00. The van der Waals surface area contributed by atoms with E-state index < -0.39 is 74.6 Å². The molecule has 2 aliphatic rings. The van der Waals surface area contributed by atoms with E-state index in [1.807, 2.05) is 0 Å². The lowest BCUT2D eigenvalue weighted by atomic mass is 9.97. The molecule has 11 heteroatoms. The van der Waals surface area contributed by atoms with Crippen LogP contribution in [0.4, 0.5) is 0 Å². The normalized spacial score (nSPS) is 39.6. The fourth-order valence-electron chi connectivity index (χ4n) is 4.13. The molecule has 0 aromatic rings. The Labute approximate surface area is 194 Å². The molecular weight excluding hydrogens is 440 g/mol. The Kier molecular flexibility index (Phi) is 13.0. The van der Waals surface area contributed by atoms with Gasteiger partial charge in [0.15, 0.2) is 12.6 Å². The molecule has 0 aromatic heterocycles. The van der Waals surface area contributed by atoms with Crippen molar-refractivity contribution >= 4 is 0 Å². The van der Waals surface area contributed by atoms with Gasteiger partial charge in [0.05, 0.1) is 13.2 Å². The van der Waals surface area contributed by atoms with Crippen LogP contribution in [-0.4, -0.2) is 117 Å². The Morgan fingerprint density at radius 2 is 1.15 bits per heavy atom. The monoisotopic (exact) mass is 482 g/mol. The van der Waals surface area contributed by atoms with Gasteiger partial charge in [0, 0.05) is 6.61 Å². The summed E-state index contributed by atoms with van der Waals surface area (Å²) in [6, 6.07) is 0. The maximum absolute atomic E-state index is 10.6. The van der Waals surface area contributed by atoms with Crippen molar-refractivity contribution in [2.45, 2.75) is 120 Å². The van der Waals surface area contributed by atoms with Gasteiger partial charge in [-0.2, -0.15) is 0 Å². The van der Waals surface area contributed by atoms with Gasteiger partial charge in [0.2, 0.25) is 0 Å². The highest BCUT2D eigenvalue weighted by Crippen LogP contribution is 2.29. The zero-order chi connectivity index (χ0) is 24.4.